The fraction of sp³-hybridized carbons (Fsp3) is 0.364. The molecular weight excluding hydrogens is 420 g/mol. The van der Waals surface area contributed by atoms with Gasteiger partial charge < -0.3 is 14.8 Å². The molecule has 0 saturated carbocycles. The van der Waals surface area contributed by atoms with Gasteiger partial charge in [-0.05, 0) is 63.6 Å². The molecule has 9 heteroatoms. The monoisotopic (exact) mass is 448 g/mol. The van der Waals surface area contributed by atoms with Crippen molar-refractivity contribution in [3.63, 3.8) is 0 Å². The molecule has 0 heterocycles. The molecule has 2 N–H and O–H groups in total. The van der Waals surface area contributed by atoms with Crippen LogP contribution in [-0.4, -0.2) is 39.0 Å². The first kappa shape index (κ1) is 24.4. The Morgan fingerprint density at radius 2 is 1.65 bits per heavy atom. The van der Waals surface area contributed by atoms with E-state index in [0.29, 0.717) is 11.4 Å². The van der Waals surface area contributed by atoms with Crippen molar-refractivity contribution in [2.75, 3.05) is 11.9 Å². The second kappa shape index (κ2) is 10.9. The smallest absolute Gasteiger partial charge is 0.310 e. The number of anilines is 1. The van der Waals surface area contributed by atoms with Gasteiger partial charge in [0.2, 0.25) is 10.0 Å². The summed E-state index contributed by atoms with van der Waals surface area (Å²) in [4.78, 5) is 24.3. The lowest BCUT2D eigenvalue weighted by Crippen LogP contribution is -2.31. The molecule has 2 aromatic rings. The van der Waals surface area contributed by atoms with Crippen LogP contribution in [-0.2, 0) is 24.3 Å². The Bertz CT molecular complexity index is 1000. The highest BCUT2D eigenvalue weighted by atomic mass is 32.2. The van der Waals surface area contributed by atoms with Crippen LogP contribution in [0.15, 0.2) is 53.4 Å². The van der Waals surface area contributed by atoms with Crippen LogP contribution in [0.2, 0.25) is 0 Å². The number of amides is 1. The lowest BCUT2D eigenvalue weighted by Gasteiger charge is -2.14. The molecule has 0 aliphatic carbocycles. The number of hydrogen-bond acceptors (Lipinski definition) is 6. The summed E-state index contributed by atoms with van der Waals surface area (Å²) in [7, 11) is -3.61. The average molecular weight is 449 g/mol. The molecule has 0 spiro atoms. The second-order valence-electron chi connectivity index (χ2n) is 7.29. The van der Waals surface area contributed by atoms with Crippen LogP contribution in [0.25, 0.3) is 0 Å². The predicted octanol–water partition coefficient (Wildman–Crippen LogP) is 3.02. The number of hydrogen-bond donors (Lipinski definition) is 2. The lowest BCUT2D eigenvalue weighted by atomic mass is 10.2. The molecule has 0 saturated heterocycles. The van der Waals surface area contributed by atoms with Crippen molar-refractivity contribution in [2.24, 2.45) is 0 Å². The first-order valence-corrected chi connectivity index (χ1v) is 11.4. The quantitative estimate of drug-likeness (QED) is 0.541. The number of carbonyl (C=O) groups is 2. The van der Waals surface area contributed by atoms with Crippen molar-refractivity contribution in [3.05, 3.63) is 54.1 Å². The third kappa shape index (κ3) is 7.69. The number of para-hydroxylation sites is 1. The number of sulfonamides is 1. The van der Waals surface area contributed by atoms with Crippen molar-refractivity contribution in [2.45, 2.75) is 51.2 Å². The zero-order valence-corrected chi connectivity index (χ0v) is 18.9. The number of nitrogens with one attached hydrogen (secondary N) is 2. The number of rotatable bonds is 10. The number of ether oxygens (including phenoxy) is 2. The van der Waals surface area contributed by atoms with Crippen molar-refractivity contribution < 1.29 is 27.5 Å². The minimum absolute atomic E-state index is 0.00135. The van der Waals surface area contributed by atoms with E-state index in [1.54, 1.807) is 13.8 Å². The fourth-order valence-electron chi connectivity index (χ4n) is 2.61. The van der Waals surface area contributed by atoms with Crippen LogP contribution in [0.5, 0.6) is 5.75 Å². The van der Waals surface area contributed by atoms with E-state index in [4.69, 9.17) is 9.47 Å². The van der Waals surface area contributed by atoms with Gasteiger partial charge in [-0.1, -0.05) is 18.2 Å². The van der Waals surface area contributed by atoms with Crippen LogP contribution in [0.1, 0.15) is 32.8 Å². The van der Waals surface area contributed by atoms with E-state index in [0.717, 1.165) is 5.56 Å². The van der Waals surface area contributed by atoms with Gasteiger partial charge in [-0.3, -0.25) is 9.59 Å². The fourth-order valence-corrected chi connectivity index (χ4v) is 3.86. The first-order valence-electron chi connectivity index (χ1n) is 9.89. The third-order valence-electron chi connectivity index (χ3n) is 4.16. The third-order valence-corrected chi connectivity index (χ3v) is 5.83. The SMILES string of the molecule is Cc1ccccc1OCCC(=O)OC(C)C(=O)Nc1ccc(S(=O)(=O)NC(C)C)cc1. The lowest BCUT2D eigenvalue weighted by molar-refractivity contribution is -0.153. The first-order chi connectivity index (χ1) is 14.6. The summed E-state index contributed by atoms with van der Waals surface area (Å²) in [5.41, 5.74) is 1.35. The molecule has 8 nitrogen and oxygen atoms in total. The molecule has 0 bridgehead atoms. The van der Waals surface area contributed by atoms with Crippen LogP contribution in [0, 0.1) is 6.92 Å². The second-order valence-corrected chi connectivity index (χ2v) is 9.00. The molecule has 1 atom stereocenters. The van der Waals surface area contributed by atoms with E-state index in [-0.39, 0.29) is 24.0 Å². The minimum Gasteiger partial charge on any atom is -0.493 e. The number of carbonyl (C=O) groups excluding carboxylic acids is 2. The molecule has 0 radical (unpaired) electrons. The zero-order chi connectivity index (χ0) is 23.0. The van der Waals surface area contributed by atoms with E-state index in [2.05, 4.69) is 10.0 Å². The largest absolute Gasteiger partial charge is 0.493 e. The van der Waals surface area contributed by atoms with E-state index >= 15 is 0 Å². The molecular formula is C22H28N2O6S. The van der Waals surface area contributed by atoms with Gasteiger partial charge >= 0.3 is 5.97 Å². The molecule has 1 amide bonds. The van der Waals surface area contributed by atoms with Gasteiger partial charge in [-0.25, -0.2) is 13.1 Å². The maximum absolute atomic E-state index is 12.3. The molecule has 0 aliphatic heterocycles. The normalized spacial score (nSPS) is 12.3. The highest BCUT2D eigenvalue weighted by Gasteiger charge is 2.19. The molecule has 168 valence electrons. The molecule has 31 heavy (non-hydrogen) atoms. The van der Waals surface area contributed by atoms with Gasteiger partial charge in [-0.2, -0.15) is 0 Å². The summed E-state index contributed by atoms with van der Waals surface area (Å²) >= 11 is 0. The van der Waals surface area contributed by atoms with E-state index < -0.39 is 28.0 Å². The number of esters is 1. The molecule has 0 fully saturated rings. The number of benzene rings is 2. The van der Waals surface area contributed by atoms with Crippen molar-refractivity contribution in [1.82, 2.24) is 4.72 Å². The van der Waals surface area contributed by atoms with Crippen LogP contribution in [0.3, 0.4) is 0 Å². The van der Waals surface area contributed by atoms with Gasteiger partial charge in [0.25, 0.3) is 5.91 Å². The summed E-state index contributed by atoms with van der Waals surface area (Å²) < 4.78 is 37.4. The summed E-state index contributed by atoms with van der Waals surface area (Å²) in [5.74, 6) is -0.392. The van der Waals surface area contributed by atoms with E-state index in [1.165, 1.54) is 31.2 Å². The Balaban J connectivity index is 1.82. The maximum Gasteiger partial charge on any atom is 0.310 e. The van der Waals surface area contributed by atoms with Crippen LogP contribution >= 0.6 is 0 Å². The topological polar surface area (TPSA) is 111 Å². The van der Waals surface area contributed by atoms with Crippen molar-refractivity contribution >= 4 is 27.6 Å². The minimum atomic E-state index is -3.61. The molecule has 1 unspecified atom stereocenters. The van der Waals surface area contributed by atoms with Crippen LogP contribution in [0.4, 0.5) is 5.69 Å². The maximum atomic E-state index is 12.3. The van der Waals surface area contributed by atoms with E-state index in [1.807, 2.05) is 31.2 Å². The highest BCUT2D eigenvalue weighted by Crippen LogP contribution is 2.17. The molecule has 0 aromatic heterocycles. The Kier molecular flexibility index (Phi) is 8.58. The average Bonchev–Trinajstić information content (AvgIpc) is 2.69. The Morgan fingerprint density at radius 1 is 1.00 bits per heavy atom. The predicted molar refractivity (Wildman–Crippen MR) is 117 cm³/mol. The van der Waals surface area contributed by atoms with Crippen molar-refractivity contribution in [1.29, 1.82) is 0 Å². The Labute approximate surface area is 183 Å². The summed E-state index contributed by atoms with van der Waals surface area (Å²) in [6.07, 6.45) is -1.02. The molecule has 2 aromatic carbocycles. The number of aryl methyl sites for hydroxylation is 1. The van der Waals surface area contributed by atoms with Gasteiger partial charge in [0.1, 0.15) is 5.75 Å². The van der Waals surface area contributed by atoms with Gasteiger partial charge in [-0.15, -0.1) is 0 Å². The summed E-state index contributed by atoms with van der Waals surface area (Å²) in [6, 6.07) is 12.9. The standard InChI is InChI=1S/C22H28N2O6S/c1-15(2)24-31(27,28)19-11-9-18(10-12-19)23-22(26)17(4)30-21(25)13-14-29-20-8-6-5-7-16(20)3/h5-12,15,17,24H,13-14H2,1-4H3,(H,23,26). The Morgan fingerprint density at radius 3 is 2.26 bits per heavy atom. The van der Waals surface area contributed by atoms with E-state index in [9.17, 15) is 18.0 Å². The molecule has 2 rings (SSSR count). The zero-order valence-electron chi connectivity index (χ0n) is 18.0. The van der Waals surface area contributed by atoms with Gasteiger partial charge in [0.15, 0.2) is 6.10 Å². The summed E-state index contributed by atoms with van der Waals surface area (Å²) in [6.45, 7) is 6.95. The van der Waals surface area contributed by atoms with Crippen LogP contribution < -0.4 is 14.8 Å². The summed E-state index contributed by atoms with van der Waals surface area (Å²) in [5, 5.41) is 2.59. The highest BCUT2D eigenvalue weighted by molar-refractivity contribution is 7.89. The Hall–Kier alpha value is -2.91. The van der Waals surface area contributed by atoms with Gasteiger partial charge in [0, 0.05) is 11.7 Å². The molecule has 0 aliphatic rings. The van der Waals surface area contributed by atoms with Gasteiger partial charge in [0.05, 0.1) is 17.9 Å². The van der Waals surface area contributed by atoms with Crippen molar-refractivity contribution in [3.8, 4) is 5.75 Å².